The van der Waals surface area contributed by atoms with Gasteiger partial charge in [0.15, 0.2) is 5.69 Å². The van der Waals surface area contributed by atoms with Crippen molar-refractivity contribution < 1.29 is 4.79 Å². The summed E-state index contributed by atoms with van der Waals surface area (Å²) >= 11 is 11.9. The number of halogens is 2. The zero-order valence-corrected chi connectivity index (χ0v) is 14.9. The van der Waals surface area contributed by atoms with Crippen LogP contribution >= 0.6 is 23.2 Å². The zero-order valence-electron chi connectivity index (χ0n) is 13.4. The maximum absolute atomic E-state index is 12.5. The van der Waals surface area contributed by atoms with Crippen LogP contribution in [0.4, 0.5) is 0 Å². The van der Waals surface area contributed by atoms with Crippen molar-refractivity contribution in [2.75, 3.05) is 20.1 Å². The van der Waals surface area contributed by atoms with Crippen LogP contribution in [0.15, 0.2) is 24.4 Å². The van der Waals surface area contributed by atoms with Gasteiger partial charge in [-0.05, 0) is 43.6 Å². The van der Waals surface area contributed by atoms with Crippen LogP contribution < -0.4 is 5.32 Å². The molecule has 1 saturated heterocycles. The third-order valence-electron chi connectivity index (χ3n) is 4.16. The predicted octanol–water partition coefficient (Wildman–Crippen LogP) is 2.78. The second-order valence-electron chi connectivity index (χ2n) is 5.97. The Hall–Kier alpha value is -1.63. The molecule has 1 aromatic carbocycles. The first-order chi connectivity index (χ1) is 11.5. The van der Waals surface area contributed by atoms with Gasteiger partial charge in [0.1, 0.15) is 0 Å². The molecule has 0 unspecified atom stereocenters. The summed E-state index contributed by atoms with van der Waals surface area (Å²) in [5.41, 5.74) is 1.27. The normalized spacial score (nSPS) is 15.5. The molecule has 24 heavy (non-hydrogen) atoms. The van der Waals surface area contributed by atoms with E-state index < -0.39 is 0 Å². The molecule has 0 bridgehead atoms. The molecule has 0 aliphatic carbocycles. The van der Waals surface area contributed by atoms with Crippen molar-refractivity contribution in [2.24, 2.45) is 0 Å². The minimum absolute atomic E-state index is 0.166. The number of carbonyl (C=O) groups is 1. The second kappa shape index (κ2) is 7.51. The highest BCUT2D eigenvalue weighted by Crippen LogP contribution is 2.23. The molecule has 3 rings (SSSR count). The van der Waals surface area contributed by atoms with Gasteiger partial charge in [-0.1, -0.05) is 34.5 Å². The molecule has 0 radical (unpaired) electrons. The number of amides is 1. The van der Waals surface area contributed by atoms with Gasteiger partial charge in [-0.15, -0.1) is 5.10 Å². The molecule has 1 fully saturated rings. The highest BCUT2D eigenvalue weighted by Gasteiger charge is 2.20. The summed E-state index contributed by atoms with van der Waals surface area (Å²) < 4.78 is 1.81. The number of hydrogen-bond acceptors (Lipinski definition) is 4. The Labute approximate surface area is 150 Å². The third-order valence-corrected chi connectivity index (χ3v) is 4.90. The molecule has 1 aliphatic heterocycles. The van der Waals surface area contributed by atoms with Gasteiger partial charge in [-0.2, -0.15) is 0 Å². The summed E-state index contributed by atoms with van der Waals surface area (Å²) in [6, 6.07) is 5.65. The molecule has 1 N–H and O–H groups in total. The van der Waals surface area contributed by atoms with E-state index in [0.29, 0.717) is 28.3 Å². The van der Waals surface area contributed by atoms with Gasteiger partial charge in [-0.25, -0.2) is 4.68 Å². The van der Waals surface area contributed by atoms with Gasteiger partial charge in [0.2, 0.25) is 0 Å². The topological polar surface area (TPSA) is 63.1 Å². The standard InChI is InChI=1S/C16H19Cl2N5O/c1-22(9-11-2-3-13(17)14(18)8-11)16(24)15-10-23(21-20-15)12-4-6-19-7-5-12/h2-3,8,10,12,19H,4-7,9H2,1H3. The molecule has 2 aromatic rings. The Bertz CT molecular complexity index is 727. The van der Waals surface area contributed by atoms with Crippen LogP contribution in [0, 0.1) is 0 Å². The number of aromatic nitrogens is 3. The Morgan fingerprint density at radius 2 is 2.08 bits per heavy atom. The van der Waals surface area contributed by atoms with E-state index in [1.807, 2.05) is 6.07 Å². The predicted molar refractivity (Wildman–Crippen MR) is 93.4 cm³/mol. The van der Waals surface area contributed by atoms with Gasteiger partial charge in [-0.3, -0.25) is 4.79 Å². The first-order valence-electron chi connectivity index (χ1n) is 7.86. The van der Waals surface area contributed by atoms with Crippen molar-refractivity contribution in [2.45, 2.75) is 25.4 Å². The van der Waals surface area contributed by atoms with E-state index in [9.17, 15) is 4.79 Å². The Balaban J connectivity index is 1.66. The van der Waals surface area contributed by atoms with Crippen LogP contribution in [0.2, 0.25) is 10.0 Å². The number of benzene rings is 1. The highest BCUT2D eigenvalue weighted by atomic mass is 35.5. The largest absolute Gasteiger partial charge is 0.336 e. The lowest BCUT2D eigenvalue weighted by Gasteiger charge is -2.22. The Morgan fingerprint density at radius 3 is 2.79 bits per heavy atom. The lowest BCUT2D eigenvalue weighted by molar-refractivity contribution is 0.0779. The molecular formula is C16H19Cl2N5O. The van der Waals surface area contributed by atoms with Crippen LogP contribution in [0.1, 0.15) is 34.9 Å². The number of nitrogens with one attached hydrogen (secondary N) is 1. The van der Waals surface area contributed by atoms with Gasteiger partial charge < -0.3 is 10.2 Å². The fourth-order valence-corrected chi connectivity index (χ4v) is 3.12. The van der Waals surface area contributed by atoms with Crippen molar-refractivity contribution in [3.63, 3.8) is 0 Å². The quantitative estimate of drug-likeness (QED) is 0.902. The fourth-order valence-electron chi connectivity index (χ4n) is 2.80. The SMILES string of the molecule is CN(Cc1ccc(Cl)c(Cl)c1)C(=O)c1cn(C2CCNCC2)nn1. The summed E-state index contributed by atoms with van der Waals surface area (Å²) in [4.78, 5) is 14.1. The lowest BCUT2D eigenvalue weighted by atomic mass is 10.1. The summed E-state index contributed by atoms with van der Waals surface area (Å²) in [7, 11) is 1.73. The average Bonchev–Trinajstić information content (AvgIpc) is 3.08. The van der Waals surface area contributed by atoms with Crippen molar-refractivity contribution in [1.29, 1.82) is 0 Å². The lowest BCUT2D eigenvalue weighted by Crippen LogP contribution is -2.29. The van der Waals surface area contributed by atoms with E-state index in [2.05, 4.69) is 15.6 Å². The molecule has 0 spiro atoms. The zero-order chi connectivity index (χ0) is 17.1. The molecule has 0 saturated carbocycles. The molecule has 128 valence electrons. The van der Waals surface area contributed by atoms with E-state index in [1.54, 1.807) is 35.0 Å². The minimum atomic E-state index is -0.166. The molecule has 8 heteroatoms. The van der Waals surface area contributed by atoms with Gasteiger partial charge in [0.05, 0.1) is 22.3 Å². The molecule has 2 heterocycles. The van der Waals surface area contributed by atoms with Crippen LogP contribution in [0.3, 0.4) is 0 Å². The molecule has 6 nitrogen and oxygen atoms in total. The molecule has 1 aromatic heterocycles. The van der Waals surface area contributed by atoms with Crippen molar-refractivity contribution in [1.82, 2.24) is 25.2 Å². The molecule has 1 amide bonds. The number of rotatable bonds is 4. The van der Waals surface area contributed by atoms with Gasteiger partial charge in [0.25, 0.3) is 5.91 Å². The summed E-state index contributed by atoms with van der Waals surface area (Å²) in [6.45, 7) is 2.35. The first kappa shape index (κ1) is 17.2. The number of carbonyl (C=O) groups excluding carboxylic acids is 1. The van der Waals surface area contributed by atoms with Gasteiger partial charge >= 0.3 is 0 Å². The maximum atomic E-state index is 12.5. The van der Waals surface area contributed by atoms with Gasteiger partial charge in [0, 0.05) is 13.6 Å². The second-order valence-corrected chi connectivity index (χ2v) is 6.79. The summed E-state index contributed by atoms with van der Waals surface area (Å²) in [5.74, 6) is -0.166. The van der Waals surface area contributed by atoms with E-state index in [4.69, 9.17) is 23.2 Å². The number of hydrogen-bond donors (Lipinski definition) is 1. The number of nitrogens with zero attached hydrogens (tertiary/aromatic N) is 4. The van der Waals surface area contributed by atoms with E-state index in [1.165, 1.54) is 0 Å². The third kappa shape index (κ3) is 3.88. The first-order valence-corrected chi connectivity index (χ1v) is 8.62. The smallest absolute Gasteiger partial charge is 0.276 e. The van der Waals surface area contributed by atoms with Crippen LogP contribution in [-0.2, 0) is 6.54 Å². The maximum Gasteiger partial charge on any atom is 0.276 e. The Kier molecular flexibility index (Phi) is 5.38. The van der Waals surface area contributed by atoms with Crippen LogP contribution in [0.25, 0.3) is 0 Å². The molecule has 1 aliphatic rings. The van der Waals surface area contributed by atoms with E-state index in [-0.39, 0.29) is 5.91 Å². The summed E-state index contributed by atoms with van der Waals surface area (Å²) in [5, 5.41) is 12.5. The van der Waals surface area contributed by atoms with Crippen molar-refractivity contribution in [3.05, 3.63) is 45.7 Å². The number of piperidine rings is 1. The summed E-state index contributed by atoms with van der Waals surface area (Å²) in [6.07, 6.45) is 3.73. The fraction of sp³-hybridized carbons (Fsp3) is 0.438. The van der Waals surface area contributed by atoms with Crippen LogP contribution in [0.5, 0.6) is 0 Å². The minimum Gasteiger partial charge on any atom is -0.336 e. The average molecular weight is 368 g/mol. The monoisotopic (exact) mass is 367 g/mol. The van der Waals surface area contributed by atoms with E-state index in [0.717, 1.165) is 31.5 Å². The molecule has 0 atom stereocenters. The molecular weight excluding hydrogens is 349 g/mol. The Morgan fingerprint density at radius 1 is 1.33 bits per heavy atom. The van der Waals surface area contributed by atoms with Crippen molar-refractivity contribution in [3.8, 4) is 0 Å². The highest BCUT2D eigenvalue weighted by molar-refractivity contribution is 6.42. The van der Waals surface area contributed by atoms with E-state index >= 15 is 0 Å². The van der Waals surface area contributed by atoms with Crippen molar-refractivity contribution >= 4 is 29.1 Å². The van der Waals surface area contributed by atoms with Crippen LogP contribution in [-0.4, -0.2) is 45.9 Å².